The number of ether oxygens (including phenoxy) is 1. The van der Waals surface area contributed by atoms with Crippen molar-refractivity contribution in [1.82, 2.24) is 25.2 Å². The lowest BCUT2D eigenvalue weighted by atomic mass is 10.2. The van der Waals surface area contributed by atoms with E-state index in [2.05, 4.69) is 22.6 Å². The van der Waals surface area contributed by atoms with Gasteiger partial charge in [-0.05, 0) is 38.1 Å². The van der Waals surface area contributed by atoms with Gasteiger partial charge < -0.3 is 15.0 Å². The molecule has 7 nitrogen and oxygen atoms in total. The fraction of sp³-hybridized carbons (Fsp3) is 0.438. The lowest BCUT2D eigenvalue weighted by Gasteiger charge is -2.31. The molecule has 1 atom stereocenters. The highest BCUT2D eigenvalue weighted by molar-refractivity contribution is 5.93. The molecule has 0 radical (unpaired) electrons. The highest BCUT2D eigenvalue weighted by atomic mass is 16.5. The molecule has 1 saturated heterocycles. The third-order valence-corrected chi connectivity index (χ3v) is 4.07. The van der Waals surface area contributed by atoms with Gasteiger partial charge in [-0.25, -0.2) is 4.68 Å². The smallest absolute Gasteiger partial charge is 0.276 e. The Morgan fingerprint density at radius 2 is 2.09 bits per heavy atom. The summed E-state index contributed by atoms with van der Waals surface area (Å²) in [5, 5.41) is 11.6. The zero-order valence-corrected chi connectivity index (χ0v) is 13.6. The van der Waals surface area contributed by atoms with Crippen molar-refractivity contribution in [2.45, 2.75) is 19.9 Å². The van der Waals surface area contributed by atoms with Crippen LogP contribution >= 0.6 is 0 Å². The van der Waals surface area contributed by atoms with Crippen molar-refractivity contribution < 1.29 is 9.53 Å². The van der Waals surface area contributed by atoms with Crippen LogP contribution in [0, 0.1) is 6.92 Å². The molecule has 7 heteroatoms. The fourth-order valence-corrected chi connectivity index (χ4v) is 2.76. The van der Waals surface area contributed by atoms with Crippen molar-refractivity contribution in [2.75, 3.05) is 26.7 Å². The molecule has 1 aromatic carbocycles. The minimum Gasteiger partial charge on any atom is -0.497 e. The average molecular weight is 315 g/mol. The summed E-state index contributed by atoms with van der Waals surface area (Å²) in [6, 6.07) is 7.79. The summed E-state index contributed by atoms with van der Waals surface area (Å²) in [6.45, 7) is 6.12. The van der Waals surface area contributed by atoms with E-state index in [4.69, 9.17) is 4.74 Å². The second kappa shape index (κ2) is 6.37. The van der Waals surface area contributed by atoms with E-state index in [1.54, 1.807) is 11.8 Å². The first-order valence-electron chi connectivity index (χ1n) is 7.69. The maximum atomic E-state index is 12.7. The van der Waals surface area contributed by atoms with E-state index in [9.17, 15) is 4.79 Å². The quantitative estimate of drug-likeness (QED) is 0.915. The van der Waals surface area contributed by atoms with Crippen molar-refractivity contribution in [3.63, 3.8) is 0 Å². The van der Waals surface area contributed by atoms with Gasteiger partial charge in [-0.2, -0.15) is 0 Å². The third kappa shape index (κ3) is 3.05. The van der Waals surface area contributed by atoms with Crippen molar-refractivity contribution in [2.24, 2.45) is 0 Å². The second-order valence-corrected chi connectivity index (χ2v) is 5.74. The van der Waals surface area contributed by atoms with E-state index in [-0.39, 0.29) is 5.91 Å². The van der Waals surface area contributed by atoms with Crippen LogP contribution < -0.4 is 10.1 Å². The van der Waals surface area contributed by atoms with Crippen molar-refractivity contribution in [3.05, 3.63) is 35.7 Å². The number of piperazine rings is 1. The summed E-state index contributed by atoms with van der Waals surface area (Å²) in [7, 11) is 1.63. The van der Waals surface area contributed by atoms with Crippen LogP contribution in [0.15, 0.2) is 24.3 Å². The highest BCUT2D eigenvalue weighted by Gasteiger charge is 2.26. The number of carbonyl (C=O) groups is 1. The Morgan fingerprint density at radius 3 is 2.74 bits per heavy atom. The molecule has 1 aromatic heterocycles. The Morgan fingerprint density at radius 1 is 1.35 bits per heavy atom. The molecule has 2 heterocycles. The summed E-state index contributed by atoms with van der Waals surface area (Å²) < 4.78 is 6.83. The van der Waals surface area contributed by atoms with Gasteiger partial charge in [0.2, 0.25) is 0 Å². The minimum atomic E-state index is -0.0596. The number of nitrogens with zero attached hydrogens (tertiary/aromatic N) is 4. The molecule has 1 amide bonds. The van der Waals surface area contributed by atoms with Gasteiger partial charge in [0.05, 0.1) is 18.5 Å². The maximum Gasteiger partial charge on any atom is 0.276 e. The van der Waals surface area contributed by atoms with E-state index in [0.717, 1.165) is 23.7 Å². The molecular formula is C16H21N5O2. The molecule has 122 valence electrons. The van der Waals surface area contributed by atoms with Crippen LogP contribution in [0.4, 0.5) is 0 Å². The molecule has 3 rings (SSSR count). The number of rotatable bonds is 3. The van der Waals surface area contributed by atoms with Gasteiger partial charge in [-0.1, -0.05) is 5.21 Å². The number of hydrogen-bond acceptors (Lipinski definition) is 5. The summed E-state index contributed by atoms with van der Waals surface area (Å²) in [4.78, 5) is 14.5. The molecule has 0 spiro atoms. The fourth-order valence-electron chi connectivity index (χ4n) is 2.76. The Labute approximate surface area is 135 Å². The zero-order valence-electron chi connectivity index (χ0n) is 13.6. The van der Waals surface area contributed by atoms with Crippen LogP contribution in [0.25, 0.3) is 5.69 Å². The summed E-state index contributed by atoms with van der Waals surface area (Å²) in [5.74, 6) is 0.716. The summed E-state index contributed by atoms with van der Waals surface area (Å²) >= 11 is 0. The topological polar surface area (TPSA) is 72.3 Å². The Kier molecular flexibility index (Phi) is 4.29. The molecule has 0 bridgehead atoms. The van der Waals surface area contributed by atoms with Gasteiger partial charge in [0.25, 0.3) is 5.91 Å². The first kappa shape index (κ1) is 15.5. The lowest BCUT2D eigenvalue weighted by Crippen LogP contribution is -2.51. The van der Waals surface area contributed by atoms with E-state index >= 15 is 0 Å². The Bertz CT molecular complexity index is 695. The lowest BCUT2D eigenvalue weighted by molar-refractivity contribution is 0.0702. The van der Waals surface area contributed by atoms with Gasteiger partial charge >= 0.3 is 0 Å². The summed E-state index contributed by atoms with van der Waals surface area (Å²) in [6.07, 6.45) is 0. The zero-order chi connectivity index (χ0) is 16.4. The first-order valence-corrected chi connectivity index (χ1v) is 7.69. The Balaban J connectivity index is 1.84. The van der Waals surface area contributed by atoms with Crippen molar-refractivity contribution in [3.8, 4) is 11.4 Å². The molecule has 0 saturated carbocycles. The molecular weight excluding hydrogens is 294 g/mol. The SMILES string of the molecule is COc1ccc(-n2nnc(C(=O)N3CCNC(C)C3)c2C)cc1. The van der Waals surface area contributed by atoms with E-state index in [0.29, 0.717) is 24.8 Å². The molecule has 1 unspecified atom stereocenters. The standard InChI is InChI=1S/C16H21N5O2/c1-11-10-20(9-8-17-11)16(22)15-12(2)21(19-18-15)13-4-6-14(23-3)7-5-13/h4-7,11,17H,8-10H2,1-3H3. The maximum absolute atomic E-state index is 12.7. The van der Waals surface area contributed by atoms with Crippen LogP contribution in [0.5, 0.6) is 5.75 Å². The average Bonchev–Trinajstić information content (AvgIpc) is 2.96. The molecule has 1 aliphatic rings. The third-order valence-electron chi connectivity index (χ3n) is 4.07. The van der Waals surface area contributed by atoms with Gasteiger partial charge in [-0.15, -0.1) is 5.10 Å². The van der Waals surface area contributed by atoms with Gasteiger partial charge in [0, 0.05) is 25.7 Å². The number of aromatic nitrogens is 3. The molecule has 1 fully saturated rings. The van der Waals surface area contributed by atoms with Crippen LogP contribution in [0.2, 0.25) is 0 Å². The number of carbonyl (C=O) groups excluding carboxylic acids is 1. The predicted molar refractivity (Wildman–Crippen MR) is 86.0 cm³/mol. The van der Waals surface area contributed by atoms with Gasteiger partial charge in [0.1, 0.15) is 5.75 Å². The van der Waals surface area contributed by atoms with E-state index in [1.807, 2.05) is 36.1 Å². The Hall–Kier alpha value is -2.41. The number of nitrogens with one attached hydrogen (secondary N) is 1. The van der Waals surface area contributed by atoms with E-state index in [1.165, 1.54) is 0 Å². The number of methoxy groups -OCH3 is 1. The number of hydrogen-bond donors (Lipinski definition) is 1. The molecule has 1 N–H and O–H groups in total. The highest BCUT2D eigenvalue weighted by Crippen LogP contribution is 2.17. The predicted octanol–water partition coefficient (Wildman–Crippen LogP) is 1.02. The van der Waals surface area contributed by atoms with Crippen LogP contribution in [0.3, 0.4) is 0 Å². The van der Waals surface area contributed by atoms with Crippen LogP contribution in [0.1, 0.15) is 23.1 Å². The van der Waals surface area contributed by atoms with Crippen molar-refractivity contribution >= 4 is 5.91 Å². The van der Waals surface area contributed by atoms with Crippen molar-refractivity contribution in [1.29, 1.82) is 0 Å². The first-order chi connectivity index (χ1) is 11.1. The van der Waals surface area contributed by atoms with Crippen LogP contribution in [-0.4, -0.2) is 58.6 Å². The molecule has 2 aromatic rings. The van der Waals surface area contributed by atoms with Gasteiger partial charge in [-0.3, -0.25) is 4.79 Å². The normalized spacial score (nSPS) is 18.0. The van der Waals surface area contributed by atoms with Gasteiger partial charge in [0.15, 0.2) is 5.69 Å². The molecule has 0 aliphatic carbocycles. The monoisotopic (exact) mass is 315 g/mol. The van der Waals surface area contributed by atoms with E-state index < -0.39 is 0 Å². The molecule has 23 heavy (non-hydrogen) atoms. The number of benzene rings is 1. The van der Waals surface area contributed by atoms with Crippen LogP contribution in [-0.2, 0) is 0 Å². The minimum absolute atomic E-state index is 0.0596. The molecule has 1 aliphatic heterocycles. The summed E-state index contributed by atoms with van der Waals surface area (Å²) in [5.41, 5.74) is 2.00. The second-order valence-electron chi connectivity index (χ2n) is 5.74. The number of amides is 1. The largest absolute Gasteiger partial charge is 0.497 e.